The Kier molecular flexibility index (Phi) is 3.89. The molecule has 1 amide bonds. The van der Waals surface area contributed by atoms with Crippen molar-refractivity contribution in [2.75, 3.05) is 24.5 Å². The minimum Gasteiger partial charge on any atom is -0.355 e. The topological polar surface area (TPSA) is 67.2 Å². The minimum absolute atomic E-state index is 0.0588. The van der Waals surface area contributed by atoms with Crippen molar-refractivity contribution in [1.29, 1.82) is 0 Å². The van der Waals surface area contributed by atoms with Crippen LogP contribution in [-0.4, -0.2) is 50.0 Å². The molecule has 1 saturated heterocycles. The van der Waals surface area contributed by atoms with E-state index in [-0.39, 0.29) is 11.4 Å². The van der Waals surface area contributed by atoms with Crippen LogP contribution in [0, 0.1) is 0 Å². The Labute approximate surface area is 163 Å². The van der Waals surface area contributed by atoms with Gasteiger partial charge in [-0.3, -0.25) is 9.78 Å². The fourth-order valence-corrected chi connectivity index (χ4v) is 4.62. The monoisotopic (exact) mass is 374 g/mol. The smallest absolute Gasteiger partial charge is 0.274 e. The Hall–Kier alpha value is -3.22. The second-order valence-corrected chi connectivity index (χ2v) is 7.36. The van der Waals surface area contributed by atoms with Gasteiger partial charge < -0.3 is 14.4 Å². The highest BCUT2D eigenvalue weighted by molar-refractivity contribution is 5.92. The lowest BCUT2D eigenvalue weighted by Gasteiger charge is -2.47. The Morgan fingerprint density at radius 3 is 2.93 bits per heavy atom. The van der Waals surface area contributed by atoms with Gasteiger partial charge >= 0.3 is 0 Å². The quantitative estimate of drug-likeness (QED) is 0.705. The molecule has 2 aliphatic heterocycles. The lowest BCUT2D eigenvalue weighted by molar-refractivity contribution is 0.0775. The van der Waals surface area contributed by atoms with Crippen molar-refractivity contribution in [3.8, 4) is 5.82 Å². The average molecular weight is 374 g/mol. The SMILES string of the molecule is CCCN1c2cccnc2-n2cccc2[C@]12CCN(C(=O)c1cnccn1)C2. The van der Waals surface area contributed by atoms with Crippen LogP contribution in [0.15, 0.2) is 55.2 Å². The summed E-state index contributed by atoms with van der Waals surface area (Å²) in [5.74, 6) is 0.900. The third-order valence-corrected chi connectivity index (χ3v) is 5.79. The molecule has 1 fully saturated rings. The Morgan fingerprint density at radius 1 is 1.18 bits per heavy atom. The van der Waals surface area contributed by atoms with Crippen LogP contribution in [0.2, 0.25) is 0 Å². The number of rotatable bonds is 3. The standard InChI is InChI=1S/C21H22N6O/c1-2-11-27-17-5-3-8-24-19(17)26-12-4-6-18(26)21(27)7-13-25(15-21)20(28)16-14-22-9-10-23-16/h3-6,8-10,12,14H,2,7,11,13,15H2,1H3/t21-/m1/s1. The number of hydrogen-bond donors (Lipinski definition) is 0. The maximum absolute atomic E-state index is 13.0. The molecule has 7 heteroatoms. The first-order chi connectivity index (χ1) is 13.7. The Morgan fingerprint density at radius 2 is 2.11 bits per heavy atom. The molecule has 0 unspecified atom stereocenters. The van der Waals surface area contributed by atoms with Gasteiger partial charge in [-0.2, -0.15) is 0 Å². The molecule has 0 radical (unpaired) electrons. The summed E-state index contributed by atoms with van der Waals surface area (Å²) >= 11 is 0. The van der Waals surface area contributed by atoms with Crippen molar-refractivity contribution >= 4 is 11.6 Å². The van der Waals surface area contributed by atoms with Gasteiger partial charge in [-0.15, -0.1) is 0 Å². The summed E-state index contributed by atoms with van der Waals surface area (Å²) in [4.78, 5) is 30.3. The molecule has 3 aromatic rings. The molecular weight excluding hydrogens is 352 g/mol. The van der Waals surface area contributed by atoms with E-state index >= 15 is 0 Å². The van der Waals surface area contributed by atoms with Crippen LogP contribution >= 0.6 is 0 Å². The molecule has 5 heterocycles. The number of likely N-dealkylation sites (tertiary alicyclic amines) is 1. The van der Waals surface area contributed by atoms with E-state index in [0.717, 1.165) is 30.9 Å². The largest absolute Gasteiger partial charge is 0.355 e. The lowest BCUT2D eigenvalue weighted by Crippen LogP contribution is -2.53. The molecule has 7 nitrogen and oxygen atoms in total. The highest BCUT2D eigenvalue weighted by atomic mass is 16.2. The van der Waals surface area contributed by atoms with Gasteiger partial charge in [-0.25, -0.2) is 9.97 Å². The summed E-state index contributed by atoms with van der Waals surface area (Å²) in [7, 11) is 0. The van der Waals surface area contributed by atoms with E-state index < -0.39 is 0 Å². The number of amides is 1. The predicted octanol–water partition coefficient (Wildman–Crippen LogP) is 2.63. The molecule has 142 valence electrons. The van der Waals surface area contributed by atoms with Gasteiger partial charge in [0.1, 0.15) is 11.2 Å². The van der Waals surface area contributed by atoms with Gasteiger partial charge in [-0.1, -0.05) is 6.92 Å². The normalized spacial score (nSPS) is 20.3. The zero-order chi connectivity index (χ0) is 19.1. The minimum atomic E-state index is -0.257. The van der Waals surface area contributed by atoms with E-state index in [4.69, 9.17) is 0 Å². The average Bonchev–Trinajstić information content (AvgIpc) is 3.40. The summed E-state index contributed by atoms with van der Waals surface area (Å²) in [6, 6.07) is 8.35. The molecule has 28 heavy (non-hydrogen) atoms. The molecule has 0 bridgehead atoms. The van der Waals surface area contributed by atoms with Gasteiger partial charge in [0.2, 0.25) is 0 Å². The number of nitrogens with zero attached hydrogens (tertiary/aromatic N) is 6. The summed E-state index contributed by atoms with van der Waals surface area (Å²) in [6.07, 6.45) is 10.5. The van der Waals surface area contributed by atoms with Crippen molar-refractivity contribution in [2.24, 2.45) is 0 Å². The number of aromatic nitrogens is 4. The zero-order valence-corrected chi connectivity index (χ0v) is 15.8. The summed E-state index contributed by atoms with van der Waals surface area (Å²) < 4.78 is 2.18. The van der Waals surface area contributed by atoms with Crippen LogP contribution in [0.25, 0.3) is 5.82 Å². The van der Waals surface area contributed by atoms with Crippen molar-refractivity contribution in [3.05, 3.63) is 66.6 Å². The second-order valence-electron chi connectivity index (χ2n) is 7.36. The van der Waals surface area contributed by atoms with Gasteiger partial charge in [-0.05, 0) is 37.1 Å². The second kappa shape index (κ2) is 6.44. The van der Waals surface area contributed by atoms with E-state index in [9.17, 15) is 4.79 Å². The number of anilines is 1. The van der Waals surface area contributed by atoms with Crippen LogP contribution in [0.5, 0.6) is 0 Å². The van der Waals surface area contributed by atoms with E-state index in [2.05, 4.69) is 55.7 Å². The first kappa shape index (κ1) is 16.9. The first-order valence-corrected chi connectivity index (χ1v) is 9.71. The molecule has 1 atom stereocenters. The third-order valence-electron chi connectivity index (χ3n) is 5.79. The molecule has 2 aliphatic rings. The van der Waals surface area contributed by atoms with Crippen molar-refractivity contribution in [1.82, 2.24) is 24.4 Å². The molecule has 0 saturated carbocycles. The molecule has 0 aliphatic carbocycles. The first-order valence-electron chi connectivity index (χ1n) is 9.71. The van der Waals surface area contributed by atoms with E-state index in [1.54, 1.807) is 18.6 Å². The number of fused-ring (bicyclic) bond motifs is 4. The maximum atomic E-state index is 13.0. The summed E-state index contributed by atoms with van der Waals surface area (Å²) in [6.45, 7) is 4.42. The summed E-state index contributed by atoms with van der Waals surface area (Å²) in [5, 5.41) is 0. The molecule has 0 aromatic carbocycles. The lowest BCUT2D eigenvalue weighted by atomic mass is 9.88. The van der Waals surface area contributed by atoms with E-state index in [1.165, 1.54) is 5.69 Å². The van der Waals surface area contributed by atoms with Gasteiger partial charge in [0.25, 0.3) is 5.91 Å². The van der Waals surface area contributed by atoms with Crippen LogP contribution < -0.4 is 4.90 Å². The van der Waals surface area contributed by atoms with Gasteiger partial charge in [0, 0.05) is 44.4 Å². The van der Waals surface area contributed by atoms with Crippen LogP contribution in [0.4, 0.5) is 5.69 Å². The molecule has 1 spiro atoms. The highest BCUT2D eigenvalue weighted by Gasteiger charge is 2.50. The van der Waals surface area contributed by atoms with E-state index in [0.29, 0.717) is 18.8 Å². The zero-order valence-electron chi connectivity index (χ0n) is 15.8. The Balaban J connectivity index is 1.58. The van der Waals surface area contributed by atoms with Crippen LogP contribution in [0.1, 0.15) is 35.9 Å². The fourth-order valence-electron chi connectivity index (χ4n) is 4.62. The van der Waals surface area contributed by atoms with Crippen molar-refractivity contribution in [2.45, 2.75) is 25.3 Å². The molecule has 3 aromatic heterocycles. The van der Waals surface area contributed by atoms with Crippen molar-refractivity contribution < 1.29 is 4.79 Å². The fraction of sp³-hybridized carbons (Fsp3) is 0.333. The number of carbonyl (C=O) groups is 1. The number of hydrogen-bond acceptors (Lipinski definition) is 5. The maximum Gasteiger partial charge on any atom is 0.274 e. The number of carbonyl (C=O) groups excluding carboxylic acids is 1. The summed E-state index contributed by atoms with van der Waals surface area (Å²) in [5.41, 5.74) is 2.46. The molecule has 5 rings (SSSR count). The van der Waals surface area contributed by atoms with Crippen LogP contribution in [-0.2, 0) is 5.54 Å². The number of pyridine rings is 1. The van der Waals surface area contributed by atoms with E-state index in [1.807, 2.05) is 17.2 Å². The predicted molar refractivity (Wildman–Crippen MR) is 105 cm³/mol. The molecular formula is C21H22N6O. The molecule has 0 N–H and O–H groups in total. The third kappa shape index (κ3) is 2.35. The van der Waals surface area contributed by atoms with Crippen LogP contribution in [0.3, 0.4) is 0 Å². The van der Waals surface area contributed by atoms with Gasteiger partial charge in [0.05, 0.1) is 17.6 Å². The van der Waals surface area contributed by atoms with Gasteiger partial charge in [0.15, 0.2) is 5.82 Å². The highest BCUT2D eigenvalue weighted by Crippen LogP contribution is 2.47. The Bertz CT molecular complexity index is 1020. The van der Waals surface area contributed by atoms with Crippen molar-refractivity contribution in [3.63, 3.8) is 0 Å².